The van der Waals surface area contributed by atoms with Gasteiger partial charge in [-0.15, -0.1) is 0 Å². The Balaban J connectivity index is 1.51. The van der Waals surface area contributed by atoms with Crippen LogP contribution >= 0.6 is 0 Å². The maximum absolute atomic E-state index is 13.1. The fraction of sp³-hybridized carbons (Fsp3) is 0.375. The van der Waals surface area contributed by atoms with Gasteiger partial charge < -0.3 is 25.4 Å². The van der Waals surface area contributed by atoms with Crippen LogP contribution in [0.5, 0.6) is 5.75 Å². The van der Waals surface area contributed by atoms with E-state index in [0.29, 0.717) is 29.6 Å². The van der Waals surface area contributed by atoms with Crippen molar-refractivity contribution >= 4 is 29.1 Å². The smallest absolute Gasteiger partial charge is 0.387 e. The second-order valence-corrected chi connectivity index (χ2v) is 11.3. The molecule has 1 aliphatic carbocycles. The molecule has 0 unspecified atom stereocenters. The molecule has 7 nitrogen and oxygen atoms in total. The summed E-state index contributed by atoms with van der Waals surface area (Å²) in [7, 11) is 0. The number of halogens is 2. The van der Waals surface area contributed by atoms with Crippen molar-refractivity contribution in [2.24, 2.45) is 17.8 Å². The lowest BCUT2D eigenvalue weighted by Gasteiger charge is -2.30. The predicted molar refractivity (Wildman–Crippen MR) is 158 cm³/mol. The van der Waals surface area contributed by atoms with Crippen LogP contribution in [-0.4, -0.2) is 36.8 Å². The monoisotopic (exact) mass is 565 g/mol. The van der Waals surface area contributed by atoms with Crippen molar-refractivity contribution in [3.05, 3.63) is 72.3 Å². The minimum Gasteiger partial charge on any atom is -0.481 e. The van der Waals surface area contributed by atoms with Crippen molar-refractivity contribution in [2.75, 3.05) is 28.6 Å². The van der Waals surface area contributed by atoms with Crippen molar-refractivity contribution in [2.45, 2.75) is 46.6 Å². The third-order valence-corrected chi connectivity index (χ3v) is 6.87. The number of aliphatic carboxylic acids is 1. The second kappa shape index (κ2) is 13.0. The molecule has 0 aromatic heterocycles. The van der Waals surface area contributed by atoms with Crippen LogP contribution in [0.1, 0.15) is 45.6 Å². The molecule has 0 bridgehead atoms. The number of carbonyl (C=O) groups is 2. The third kappa shape index (κ3) is 8.19. The number of carboxylic acid groups (broad SMARTS) is 1. The molecule has 2 atom stereocenters. The molecule has 0 heterocycles. The zero-order chi connectivity index (χ0) is 29.7. The highest BCUT2D eigenvalue weighted by atomic mass is 19.3. The summed E-state index contributed by atoms with van der Waals surface area (Å²) < 4.78 is 29.2. The number of urea groups is 1. The molecule has 218 valence electrons. The lowest BCUT2D eigenvalue weighted by molar-refractivity contribution is -0.138. The van der Waals surface area contributed by atoms with Gasteiger partial charge >= 0.3 is 18.6 Å². The molecule has 3 N–H and O–H groups in total. The molecule has 3 aromatic carbocycles. The van der Waals surface area contributed by atoms with E-state index in [2.05, 4.69) is 48.0 Å². The average Bonchev–Trinajstić information content (AvgIpc) is 3.70. The Morgan fingerprint density at radius 2 is 1.49 bits per heavy atom. The Bertz CT molecular complexity index is 1330. The highest BCUT2D eigenvalue weighted by Crippen LogP contribution is 2.49. The van der Waals surface area contributed by atoms with Gasteiger partial charge in [-0.2, -0.15) is 8.78 Å². The zero-order valence-electron chi connectivity index (χ0n) is 23.7. The standard InChI is InChI=1S/C32H37F2N3O4/c1-19(2)17-37(18-20(3)4)29-14-9-23(26-16-27(26)30(38)39)15-28(29)36-32(40)35-24-10-5-21(6-11-24)22-7-12-25(13-8-22)41-31(33)34/h5-15,19-20,26-27,31H,16-18H2,1-4H3,(H,38,39)(H2,35,36,40)/t26-,27-/m1/s1. The van der Waals surface area contributed by atoms with E-state index in [1.807, 2.05) is 30.3 Å². The summed E-state index contributed by atoms with van der Waals surface area (Å²) in [4.78, 5) is 26.9. The van der Waals surface area contributed by atoms with E-state index >= 15 is 0 Å². The van der Waals surface area contributed by atoms with Crippen LogP contribution in [0.15, 0.2) is 66.7 Å². The van der Waals surface area contributed by atoms with Crippen LogP contribution in [0.4, 0.5) is 30.6 Å². The number of hydrogen-bond donors (Lipinski definition) is 3. The molecule has 2 amide bonds. The summed E-state index contributed by atoms with van der Waals surface area (Å²) in [5.41, 5.74) is 4.69. The Morgan fingerprint density at radius 1 is 0.902 bits per heavy atom. The number of amides is 2. The van der Waals surface area contributed by atoms with Crippen LogP contribution in [0.3, 0.4) is 0 Å². The van der Waals surface area contributed by atoms with E-state index in [1.165, 1.54) is 12.1 Å². The van der Waals surface area contributed by atoms with Crippen LogP contribution in [0.2, 0.25) is 0 Å². The largest absolute Gasteiger partial charge is 0.481 e. The van der Waals surface area contributed by atoms with Gasteiger partial charge in [0.15, 0.2) is 0 Å². The van der Waals surface area contributed by atoms with E-state index in [9.17, 15) is 23.5 Å². The zero-order valence-corrected chi connectivity index (χ0v) is 23.7. The van der Waals surface area contributed by atoms with Crippen molar-refractivity contribution in [1.29, 1.82) is 0 Å². The maximum Gasteiger partial charge on any atom is 0.387 e. The van der Waals surface area contributed by atoms with Crippen LogP contribution in [-0.2, 0) is 4.79 Å². The molecule has 0 saturated heterocycles. The number of nitrogens with one attached hydrogen (secondary N) is 2. The molecule has 0 aliphatic heterocycles. The number of rotatable bonds is 12. The summed E-state index contributed by atoms with van der Waals surface area (Å²) in [6, 6.07) is 19.0. The Kier molecular flexibility index (Phi) is 9.47. The maximum atomic E-state index is 13.1. The number of anilines is 3. The molecule has 41 heavy (non-hydrogen) atoms. The molecule has 3 aromatic rings. The van der Waals surface area contributed by atoms with Crippen molar-refractivity contribution in [1.82, 2.24) is 0 Å². The van der Waals surface area contributed by atoms with E-state index < -0.39 is 24.5 Å². The summed E-state index contributed by atoms with van der Waals surface area (Å²) in [6.45, 7) is 7.35. The average molecular weight is 566 g/mol. The summed E-state index contributed by atoms with van der Waals surface area (Å²) in [6.07, 6.45) is 0.594. The number of hydrogen-bond acceptors (Lipinski definition) is 4. The van der Waals surface area contributed by atoms with Gasteiger partial charge in [-0.05, 0) is 77.3 Å². The Hall–Kier alpha value is -4.14. The molecule has 4 rings (SSSR count). The first kappa shape index (κ1) is 29.8. The highest BCUT2D eigenvalue weighted by Gasteiger charge is 2.44. The van der Waals surface area contributed by atoms with Gasteiger partial charge in [0.05, 0.1) is 17.3 Å². The normalized spacial score (nSPS) is 16.1. The third-order valence-electron chi connectivity index (χ3n) is 6.87. The van der Waals surface area contributed by atoms with Gasteiger partial charge in [0.25, 0.3) is 0 Å². The van der Waals surface area contributed by atoms with Crippen LogP contribution in [0, 0.1) is 17.8 Å². The van der Waals surface area contributed by atoms with Crippen LogP contribution in [0.25, 0.3) is 11.1 Å². The first-order valence-corrected chi connectivity index (χ1v) is 13.8. The number of carboxylic acids is 1. The first-order chi connectivity index (χ1) is 19.5. The second-order valence-electron chi connectivity index (χ2n) is 11.3. The fourth-order valence-corrected chi connectivity index (χ4v) is 5.01. The Morgan fingerprint density at radius 3 is 2.00 bits per heavy atom. The number of benzene rings is 3. The predicted octanol–water partition coefficient (Wildman–Crippen LogP) is 7.91. The molecule has 0 radical (unpaired) electrons. The van der Waals surface area contributed by atoms with Gasteiger partial charge in [-0.1, -0.05) is 58.0 Å². The van der Waals surface area contributed by atoms with Gasteiger partial charge in [0.2, 0.25) is 0 Å². The van der Waals surface area contributed by atoms with E-state index in [0.717, 1.165) is 35.5 Å². The van der Waals surface area contributed by atoms with Crippen molar-refractivity contribution < 1.29 is 28.2 Å². The highest BCUT2D eigenvalue weighted by molar-refractivity contribution is 6.02. The van der Waals surface area contributed by atoms with Gasteiger partial charge in [0, 0.05) is 18.8 Å². The molecular weight excluding hydrogens is 528 g/mol. The van der Waals surface area contributed by atoms with Crippen molar-refractivity contribution in [3.63, 3.8) is 0 Å². The SMILES string of the molecule is CC(C)CN(CC(C)C)c1ccc([C@H]2C[C@H]2C(=O)O)cc1NC(=O)Nc1ccc(-c2ccc(OC(F)F)cc2)cc1. The van der Waals surface area contributed by atoms with E-state index in [4.69, 9.17) is 0 Å². The summed E-state index contributed by atoms with van der Waals surface area (Å²) in [5, 5.41) is 15.3. The summed E-state index contributed by atoms with van der Waals surface area (Å²) in [5.74, 6) is -0.354. The number of alkyl halides is 2. The van der Waals surface area contributed by atoms with Gasteiger partial charge in [-0.3, -0.25) is 4.79 Å². The van der Waals surface area contributed by atoms with Crippen molar-refractivity contribution in [3.8, 4) is 16.9 Å². The van der Waals surface area contributed by atoms with Gasteiger partial charge in [-0.25, -0.2) is 4.79 Å². The van der Waals surface area contributed by atoms with Crippen LogP contribution < -0.4 is 20.3 Å². The first-order valence-electron chi connectivity index (χ1n) is 13.8. The number of carbonyl (C=O) groups excluding carboxylic acids is 1. The molecule has 9 heteroatoms. The molecular formula is C32H37F2N3O4. The molecule has 1 fully saturated rings. The quantitative estimate of drug-likeness (QED) is 0.208. The fourth-order valence-electron chi connectivity index (χ4n) is 5.01. The summed E-state index contributed by atoms with van der Waals surface area (Å²) >= 11 is 0. The number of nitrogens with zero attached hydrogens (tertiary/aromatic N) is 1. The molecule has 1 aliphatic rings. The van der Waals surface area contributed by atoms with Gasteiger partial charge in [0.1, 0.15) is 5.75 Å². The Labute approximate surface area is 239 Å². The molecule has 0 spiro atoms. The minimum atomic E-state index is -2.88. The lowest BCUT2D eigenvalue weighted by Crippen LogP contribution is -2.32. The van der Waals surface area contributed by atoms with E-state index in [-0.39, 0.29) is 11.7 Å². The topological polar surface area (TPSA) is 90.9 Å². The number of ether oxygens (including phenoxy) is 1. The van der Waals surface area contributed by atoms with E-state index in [1.54, 1.807) is 24.3 Å². The minimum absolute atomic E-state index is 0.0580. The molecule has 1 saturated carbocycles. The lowest BCUT2D eigenvalue weighted by atomic mass is 10.0.